The van der Waals surface area contributed by atoms with E-state index in [0.717, 1.165) is 10.6 Å². The number of aromatic nitrogens is 1. The minimum Gasteiger partial charge on any atom is -0.390 e. The molecule has 1 heterocycles. The number of aliphatic hydroxyl groups is 1. The molecular formula is C34H48N6O7S2. The lowest BCUT2D eigenvalue weighted by molar-refractivity contribution is -0.125. The SMILES string of the molecule is COCc1nc(CN(C)C(=O)N[C@H](C(=O)N[C@@H](Cc2ccccc2)[C@H](O)CN(CC(C)C)S(=O)(=O)c2ccc(CN=O)cc2)C(C)C)cs1. The Morgan fingerprint density at radius 2 is 1.67 bits per heavy atom. The summed E-state index contributed by atoms with van der Waals surface area (Å²) in [6.07, 6.45) is -1.10. The second-order valence-corrected chi connectivity index (χ2v) is 15.6. The molecule has 0 fully saturated rings. The zero-order valence-corrected chi connectivity index (χ0v) is 30.5. The van der Waals surface area contributed by atoms with Crippen molar-refractivity contribution in [3.63, 3.8) is 0 Å². The number of rotatable bonds is 19. The van der Waals surface area contributed by atoms with Crippen LogP contribution >= 0.6 is 11.3 Å². The van der Waals surface area contributed by atoms with Crippen LogP contribution < -0.4 is 10.6 Å². The highest BCUT2D eigenvalue weighted by Gasteiger charge is 2.34. The van der Waals surface area contributed by atoms with Crippen molar-refractivity contribution in [1.82, 2.24) is 24.8 Å². The summed E-state index contributed by atoms with van der Waals surface area (Å²) in [5.41, 5.74) is 2.10. The van der Waals surface area contributed by atoms with Gasteiger partial charge in [-0.3, -0.25) is 4.79 Å². The molecule has 0 saturated heterocycles. The molecule has 3 rings (SSSR count). The standard InChI is InChI=1S/C34H48N6O7S2/c1-23(2)18-40(49(45,46)28-14-12-26(13-15-28)17-35-44)20-30(41)29(16-25-10-8-7-9-11-25)37-33(42)32(24(3)4)38-34(43)39(5)19-27-22-48-31(36-27)21-47-6/h7-15,22-24,29-30,32,41H,16-21H2,1-6H3,(H,37,42)(H,38,43)/t29-,30+,32-/m0/s1. The molecule has 0 saturated carbocycles. The maximum Gasteiger partial charge on any atom is 0.318 e. The van der Waals surface area contributed by atoms with Crippen LogP contribution in [0.1, 0.15) is 49.5 Å². The van der Waals surface area contributed by atoms with E-state index in [9.17, 15) is 28.0 Å². The molecule has 0 aliphatic carbocycles. The summed E-state index contributed by atoms with van der Waals surface area (Å²) in [5.74, 6) is -0.892. The Hall–Kier alpha value is -3.76. The number of hydrogen-bond acceptors (Lipinski definition) is 10. The van der Waals surface area contributed by atoms with Crippen LogP contribution in [-0.2, 0) is 45.7 Å². The molecule has 0 aliphatic heterocycles. The molecule has 268 valence electrons. The summed E-state index contributed by atoms with van der Waals surface area (Å²) in [7, 11) is -0.869. The number of carbonyl (C=O) groups excluding carboxylic acids is 2. The van der Waals surface area contributed by atoms with Crippen molar-refractivity contribution >= 4 is 33.3 Å². The monoisotopic (exact) mass is 716 g/mol. The molecule has 49 heavy (non-hydrogen) atoms. The Morgan fingerprint density at radius 1 is 1.00 bits per heavy atom. The number of ether oxygens (including phenoxy) is 1. The third kappa shape index (κ3) is 12.0. The van der Waals surface area contributed by atoms with Gasteiger partial charge in [0.25, 0.3) is 0 Å². The molecule has 0 unspecified atom stereocenters. The maximum absolute atomic E-state index is 13.8. The molecule has 3 aromatic rings. The van der Waals surface area contributed by atoms with Crippen molar-refractivity contribution in [1.29, 1.82) is 0 Å². The van der Waals surface area contributed by atoms with Gasteiger partial charge < -0.3 is 25.4 Å². The number of sulfonamides is 1. The van der Waals surface area contributed by atoms with Gasteiger partial charge in [-0.15, -0.1) is 11.3 Å². The molecule has 3 N–H and O–H groups in total. The zero-order chi connectivity index (χ0) is 36.1. The fraction of sp³-hybridized carbons (Fsp3) is 0.500. The number of thiazole rings is 1. The van der Waals surface area contributed by atoms with Gasteiger partial charge in [-0.2, -0.15) is 9.21 Å². The number of nitroso groups, excluding NO2 is 1. The Kier molecular flexibility index (Phi) is 15.3. The first-order chi connectivity index (χ1) is 23.2. The molecular weight excluding hydrogens is 669 g/mol. The number of benzene rings is 2. The molecule has 3 atom stereocenters. The number of urea groups is 1. The molecule has 2 aromatic carbocycles. The highest BCUT2D eigenvalue weighted by Crippen LogP contribution is 2.21. The molecule has 0 radical (unpaired) electrons. The molecule has 0 spiro atoms. The minimum atomic E-state index is -4.06. The van der Waals surface area contributed by atoms with E-state index < -0.39 is 40.1 Å². The molecule has 15 heteroatoms. The molecule has 0 bridgehead atoms. The molecule has 13 nitrogen and oxygen atoms in total. The van der Waals surface area contributed by atoms with E-state index in [1.807, 2.05) is 49.6 Å². The Balaban J connectivity index is 1.82. The number of aliphatic hydroxyl groups excluding tert-OH is 1. The summed E-state index contributed by atoms with van der Waals surface area (Å²) < 4.78 is 33.9. The fourth-order valence-corrected chi connectivity index (χ4v) is 7.51. The summed E-state index contributed by atoms with van der Waals surface area (Å²) >= 11 is 1.43. The van der Waals surface area contributed by atoms with Crippen LogP contribution in [0.5, 0.6) is 0 Å². The van der Waals surface area contributed by atoms with E-state index in [4.69, 9.17) is 4.74 Å². The number of nitrogens with zero attached hydrogens (tertiary/aromatic N) is 4. The van der Waals surface area contributed by atoms with E-state index in [0.29, 0.717) is 17.9 Å². The average molecular weight is 717 g/mol. The third-order valence-corrected chi connectivity index (χ3v) is 10.4. The molecule has 1 aromatic heterocycles. The van der Waals surface area contributed by atoms with Crippen molar-refractivity contribution < 1.29 is 27.9 Å². The fourth-order valence-electron chi connectivity index (χ4n) is 5.13. The lowest BCUT2D eigenvalue weighted by atomic mass is 9.98. The number of methoxy groups -OCH3 is 1. The lowest BCUT2D eigenvalue weighted by Gasteiger charge is -2.32. The summed E-state index contributed by atoms with van der Waals surface area (Å²) in [6.45, 7) is 7.70. The van der Waals surface area contributed by atoms with Crippen LogP contribution in [0.3, 0.4) is 0 Å². The molecule has 0 aliphatic rings. The quantitative estimate of drug-likeness (QED) is 0.155. The normalized spacial score (nSPS) is 13.7. The summed E-state index contributed by atoms with van der Waals surface area (Å²) in [5, 5.41) is 22.9. The number of hydrogen-bond donors (Lipinski definition) is 3. The first-order valence-corrected chi connectivity index (χ1v) is 18.4. The summed E-state index contributed by atoms with van der Waals surface area (Å²) in [4.78, 5) is 43.6. The highest BCUT2D eigenvalue weighted by atomic mass is 32.2. The Bertz CT molecular complexity index is 1600. The van der Waals surface area contributed by atoms with Gasteiger partial charge in [0.1, 0.15) is 17.6 Å². The zero-order valence-electron chi connectivity index (χ0n) is 28.9. The van der Waals surface area contributed by atoms with Crippen LogP contribution in [-0.4, -0.2) is 85.1 Å². The number of nitrogens with one attached hydrogen (secondary N) is 2. The van der Waals surface area contributed by atoms with Crippen molar-refractivity contribution in [3.8, 4) is 0 Å². The van der Waals surface area contributed by atoms with E-state index in [1.54, 1.807) is 28.0 Å². The topological polar surface area (TPSA) is 171 Å². The van der Waals surface area contributed by atoms with Crippen molar-refractivity contribution in [2.45, 2.75) is 76.9 Å². The predicted molar refractivity (Wildman–Crippen MR) is 189 cm³/mol. The number of carbonyl (C=O) groups is 2. The van der Waals surface area contributed by atoms with Gasteiger partial charge >= 0.3 is 6.03 Å². The van der Waals surface area contributed by atoms with Crippen molar-refractivity contribution in [2.75, 3.05) is 27.2 Å². The van der Waals surface area contributed by atoms with Crippen LogP contribution in [0.4, 0.5) is 4.79 Å². The minimum absolute atomic E-state index is 0.0120. The van der Waals surface area contributed by atoms with E-state index in [-0.39, 0.29) is 49.3 Å². The van der Waals surface area contributed by atoms with E-state index in [1.165, 1.54) is 44.8 Å². The van der Waals surface area contributed by atoms with Gasteiger partial charge in [0.15, 0.2) is 0 Å². The second-order valence-electron chi connectivity index (χ2n) is 12.7. The van der Waals surface area contributed by atoms with Gasteiger partial charge in [0, 0.05) is 32.6 Å². The largest absolute Gasteiger partial charge is 0.390 e. The van der Waals surface area contributed by atoms with E-state index >= 15 is 0 Å². The van der Waals surface area contributed by atoms with Gasteiger partial charge in [-0.05, 0) is 41.5 Å². The van der Waals surface area contributed by atoms with Crippen LogP contribution in [0.2, 0.25) is 0 Å². The van der Waals surface area contributed by atoms with Crippen LogP contribution in [0, 0.1) is 16.7 Å². The van der Waals surface area contributed by atoms with E-state index in [2.05, 4.69) is 20.8 Å². The maximum atomic E-state index is 13.8. The summed E-state index contributed by atoms with van der Waals surface area (Å²) in [6, 6.07) is 12.8. The Morgan fingerprint density at radius 3 is 2.27 bits per heavy atom. The van der Waals surface area contributed by atoms with Gasteiger partial charge in [0.05, 0.1) is 35.9 Å². The van der Waals surface area contributed by atoms with Crippen LogP contribution in [0.15, 0.2) is 70.0 Å². The Labute approximate surface area is 293 Å². The first kappa shape index (κ1) is 39.7. The van der Waals surface area contributed by atoms with Gasteiger partial charge in [-0.1, -0.05) is 75.3 Å². The highest BCUT2D eigenvalue weighted by molar-refractivity contribution is 7.89. The van der Waals surface area contributed by atoms with Crippen molar-refractivity contribution in [2.24, 2.45) is 17.0 Å². The second kappa shape index (κ2) is 18.9. The third-order valence-electron chi connectivity index (χ3n) is 7.70. The average Bonchev–Trinajstić information content (AvgIpc) is 3.50. The number of amides is 3. The smallest absolute Gasteiger partial charge is 0.318 e. The van der Waals surface area contributed by atoms with Crippen molar-refractivity contribution in [3.05, 3.63) is 86.7 Å². The lowest BCUT2D eigenvalue weighted by Crippen LogP contribution is -2.58. The molecule has 3 amide bonds. The first-order valence-electron chi connectivity index (χ1n) is 16.1. The van der Waals surface area contributed by atoms with Gasteiger partial charge in [0.2, 0.25) is 15.9 Å². The van der Waals surface area contributed by atoms with Crippen LogP contribution in [0.25, 0.3) is 0 Å². The predicted octanol–water partition coefficient (Wildman–Crippen LogP) is 4.16. The van der Waals surface area contributed by atoms with Gasteiger partial charge in [-0.25, -0.2) is 18.2 Å².